The fraction of sp³-hybridized carbons (Fsp3) is 0.200. The molecule has 0 aliphatic heterocycles. The van der Waals surface area contributed by atoms with Crippen molar-refractivity contribution in [3.05, 3.63) is 51.9 Å². The van der Waals surface area contributed by atoms with Crippen molar-refractivity contribution in [1.82, 2.24) is 4.57 Å². The van der Waals surface area contributed by atoms with Crippen molar-refractivity contribution in [1.29, 1.82) is 0 Å². The molecule has 0 fully saturated rings. The molecule has 0 saturated carbocycles. The van der Waals surface area contributed by atoms with E-state index in [0.717, 1.165) is 0 Å². The lowest BCUT2D eigenvalue weighted by molar-refractivity contribution is -0.116. The van der Waals surface area contributed by atoms with Gasteiger partial charge in [-0.3, -0.25) is 9.59 Å². The van der Waals surface area contributed by atoms with Gasteiger partial charge in [0.2, 0.25) is 5.91 Å². The third-order valence-corrected chi connectivity index (χ3v) is 3.19. The van der Waals surface area contributed by atoms with Crippen LogP contribution in [0.2, 0.25) is 5.02 Å². The fourth-order valence-electron chi connectivity index (χ4n) is 1.92. The molecule has 0 atom stereocenters. The molecule has 7 heteroatoms. The van der Waals surface area contributed by atoms with Crippen LogP contribution in [0.1, 0.15) is 0 Å². The minimum absolute atomic E-state index is 0.147. The highest BCUT2D eigenvalue weighted by atomic mass is 35.5. The van der Waals surface area contributed by atoms with Crippen LogP contribution >= 0.6 is 11.6 Å². The second-order valence-corrected chi connectivity index (χ2v) is 4.84. The molecule has 0 spiro atoms. The quantitative estimate of drug-likeness (QED) is 0.916. The zero-order chi connectivity index (χ0) is 16.1. The first-order valence-corrected chi connectivity index (χ1v) is 6.79. The standard InChI is InChI=1S/C15H15ClN2O4/c1-21-12-6-5-10(16)8-11(12)17-14(19)9-18-7-3-4-13(22-2)15(18)20/h3-8H,9H2,1-2H3,(H,17,19). The number of ether oxygens (including phenoxy) is 2. The van der Waals surface area contributed by atoms with E-state index in [2.05, 4.69) is 5.32 Å². The van der Waals surface area contributed by atoms with Gasteiger partial charge < -0.3 is 19.4 Å². The van der Waals surface area contributed by atoms with Crippen molar-refractivity contribution in [2.45, 2.75) is 6.54 Å². The van der Waals surface area contributed by atoms with E-state index in [-0.39, 0.29) is 23.8 Å². The van der Waals surface area contributed by atoms with Crippen LogP contribution in [0.4, 0.5) is 5.69 Å². The monoisotopic (exact) mass is 322 g/mol. The molecule has 22 heavy (non-hydrogen) atoms. The number of anilines is 1. The maximum Gasteiger partial charge on any atom is 0.293 e. The van der Waals surface area contributed by atoms with Crippen molar-refractivity contribution >= 4 is 23.2 Å². The van der Waals surface area contributed by atoms with Gasteiger partial charge in [0, 0.05) is 11.2 Å². The predicted molar refractivity (Wildman–Crippen MR) is 83.9 cm³/mol. The SMILES string of the molecule is COc1ccc(Cl)cc1NC(=O)Cn1cccc(OC)c1=O. The van der Waals surface area contributed by atoms with Gasteiger partial charge in [0.25, 0.3) is 5.56 Å². The van der Waals surface area contributed by atoms with E-state index >= 15 is 0 Å². The number of benzene rings is 1. The summed E-state index contributed by atoms with van der Waals surface area (Å²) in [5.41, 5.74) is 0.0640. The molecule has 0 radical (unpaired) electrons. The Morgan fingerprint density at radius 1 is 1.23 bits per heavy atom. The first-order chi connectivity index (χ1) is 10.5. The summed E-state index contributed by atoms with van der Waals surface area (Å²) in [7, 11) is 2.89. The van der Waals surface area contributed by atoms with E-state index < -0.39 is 0 Å². The van der Waals surface area contributed by atoms with Gasteiger partial charge in [0.15, 0.2) is 5.75 Å². The van der Waals surface area contributed by atoms with Crippen LogP contribution in [0.3, 0.4) is 0 Å². The minimum atomic E-state index is -0.379. The van der Waals surface area contributed by atoms with Crippen LogP contribution < -0.4 is 20.3 Å². The Morgan fingerprint density at radius 2 is 1.95 bits per heavy atom. The van der Waals surface area contributed by atoms with Gasteiger partial charge in [-0.25, -0.2) is 0 Å². The highest BCUT2D eigenvalue weighted by molar-refractivity contribution is 6.31. The number of carbonyl (C=O) groups is 1. The van der Waals surface area contributed by atoms with Crippen LogP contribution in [-0.2, 0) is 11.3 Å². The smallest absolute Gasteiger partial charge is 0.293 e. The lowest BCUT2D eigenvalue weighted by Crippen LogP contribution is -2.27. The van der Waals surface area contributed by atoms with Gasteiger partial charge in [-0.1, -0.05) is 11.6 Å². The zero-order valence-electron chi connectivity index (χ0n) is 12.1. The number of halogens is 1. The van der Waals surface area contributed by atoms with Crippen molar-refractivity contribution in [2.24, 2.45) is 0 Å². The normalized spacial score (nSPS) is 10.1. The third kappa shape index (κ3) is 3.59. The van der Waals surface area contributed by atoms with Crippen molar-refractivity contribution < 1.29 is 14.3 Å². The number of pyridine rings is 1. The number of nitrogens with one attached hydrogen (secondary N) is 1. The molecule has 0 aliphatic rings. The fourth-order valence-corrected chi connectivity index (χ4v) is 2.09. The molecule has 1 heterocycles. The number of nitrogens with zero attached hydrogens (tertiary/aromatic N) is 1. The second kappa shape index (κ2) is 7.00. The van der Waals surface area contributed by atoms with Crippen LogP contribution in [-0.4, -0.2) is 24.7 Å². The van der Waals surface area contributed by atoms with E-state index in [1.807, 2.05) is 0 Å². The molecule has 1 N–H and O–H groups in total. The third-order valence-electron chi connectivity index (χ3n) is 2.95. The van der Waals surface area contributed by atoms with E-state index in [1.54, 1.807) is 24.3 Å². The summed E-state index contributed by atoms with van der Waals surface area (Å²) in [5.74, 6) is 0.280. The summed E-state index contributed by atoms with van der Waals surface area (Å²) >= 11 is 5.90. The molecule has 0 aliphatic carbocycles. The summed E-state index contributed by atoms with van der Waals surface area (Å²) < 4.78 is 11.3. The Kier molecular flexibility index (Phi) is 5.06. The first-order valence-electron chi connectivity index (χ1n) is 6.42. The van der Waals surface area contributed by atoms with Gasteiger partial charge in [-0.15, -0.1) is 0 Å². The summed E-state index contributed by atoms with van der Waals surface area (Å²) in [6, 6.07) is 8.05. The zero-order valence-corrected chi connectivity index (χ0v) is 12.9. The molecule has 0 unspecified atom stereocenters. The highest BCUT2D eigenvalue weighted by Crippen LogP contribution is 2.27. The average molecular weight is 323 g/mol. The Labute approximate surface area is 132 Å². The molecule has 6 nitrogen and oxygen atoms in total. The first kappa shape index (κ1) is 15.9. The average Bonchev–Trinajstić information content (AvgIpc) is 2.49. The maximum atomic E-state index is 12.1. The Bertz CT molecular complexity index is 743. The van der Waals surface area contributed by atoms with Gasteiger partial charge in [0.1, 0.15) is 12.3 Å². The van der Waals surface area contributed by atoms with Crippen LogP contribution in [0.15, 0.2) is 41.3 Å². The second-order valence-electron chi connectivity index (χ2n) is 4.40. The molecule has 2 rings (SSSR count). The Morgan fingerprint density at radius 3 is 2.64 bits per heavy atom. The van der Waals surface area contributed by atoms with Gasteiger partial charge >= 0.3 is 0 Å². The lowest BCUT2D eigenvalue weighted by Gasteiger charge is -2.11. The maximum absolute atomic E-state index is 12.1. The summed E-state index contributed by atoms with van der Waals surface area (Å²) in [5, 5.41) is 3.13. The van der Waals surface area contributed by atoms with Crippen molar-refractivity contribution in [3.8, 4) is 11.5 Å². The van der Waals surface area contributed by atoms with Gasteiger partial charge in [-0.2, -0.15) is 0 Å². The van der Waals surface area contributed by atoms with E-state index in [9.17, 15) is 9.59 Å². The molecule has 116 valence electrons. The molecule has 1 aromatic heterocycles. The summed E-state index contributed by atoms with van der Waals surface area (Å²) in [6.07, 6.45) is 1.51. The predicted octanol–water partition coefficient (Wildman–Crippen LogP) is 2.16. The van der Waals surface area contributed by atoms with Crippen LogP contribution in [0, 0.1) is 0 Å². The topological polar surface area (TPSA) is 69.6 Å². The summed E-state index contributed by atoms with van der Waals surface area (Å²) in [6.45, 7) is -0.147. The molecular weight excluding hydrogens is 308 g/mol. The Hall–Kier alpha value is -2.47. The summed E-state index contributed by atoms with van der Waals surface area (Å²) in [4.78, 5) is 24.1. The molecule has 0 saturated heterocycles. The van der Waals surface area contributed by atoms with Crippen LogP contribution in [0.5, 0.6) is 11.5 Å². The van der Waals surface area contributed by atoms with Crippen LogP contribution in [0.25, 0.3) is 0 Å². The molecular formula is C15H15ClN2O4. The van der Waals surface area contributed by atoms with Crippen molar-refractivity contribution in [3.63, 3.8) is 0 Å². The number of rotatable bonds is 5. The van der Waals surface area contributed by atoms with E-state index in [4.69, 9.17) is 21.1 Å². The largest absolute Gasteiger partial charge is 0.495 e. The van der Waals surface area contributed by atoms with E-state index in [1.165, 1.54) is 31.0 Å². The van der Waals surface area contributed by atoms with Crippen molar-refractivity contribution in [2.75, 3.05) is 19.5 Å². The molecule has 1 amide bonds. The number of aromatic nitrogens is 1. The number of hydrogen-bond donors (Lipinski definition) is 1. The van der Waals surface area contributed by atoms with Gasteiger partial charge in [0.05, 0.1) is 19.9 Å². The number of carbonyl (C=O) groups excluding carboxylic acids is 1. The molecule has 2 aromatic rings. The Balaban J connectivity index is 2.18. The number of amides is 1. The van der Waals surface area contributed by atoms with E-state index in [0.29, 0.717) is 16.5 Å². The van der Waals surface area contributed by atoms with Gasteiger partial charge in [-0.05, 0) is 30.3 Å². The highest BCUT2D eigenvalue weighted by Gasteiger charge is 2.11. The molecule has 0 bridgehead atoms. The lowest BCUT2D eigenvalue weighted by atomic mass is 10.3. The number of methoxy groups -OCH3 is 2. The number of hydrogen-bond acceptors (Lipinski definition) is 4. The molecule has 1 aromatic carbocycles. The minimum Gasteiger partial charge on any atom is -0.495 e.